The molecule has 2 unspecified atom stereocenters. The summed E-state index contributed by atoms with van der Waals surface area (Å²) >= 11 is 0. The highest BCUT2D eigenvalue weighted by atomic mass is 31.1. The molecule has 2 atom stereocenters. The second-order valence-electron chi connectivity index (χ2n) is 11.1. The molecule has 0 radical (unpaired) electrons. The molecule has 0 aromatic carbocycles. The van der Waals surface area contributed by atoms with Gasteiger partial charge in [0.15, 0.2) is 0 Å². The lowest BCUT2D eigenvalue weighted by atomic mass is 10.2. The summed E-state index contributed by atoms with van der Waals surface area (Å²) in [7, 11) is -0.116. The molecule has 0 aliphatic heterocycles. The van der Waals surface area contributed by atoms with Crippen molar-refractivity contribution in [3.05, 3.63) is 0 Å². The molecule has 0 heterocycles. The Morgan fingerprint density at radius 2 is 0.826 bits per heavy atom. The van der Waals surface area contributed by atoms with Crippen LogP contribution in [0.25, 0.3) is 0 Å². The summed E-state index contributed by atoms with van der Waals surface area (Å²) in [5.74, 6) is 0. The molecular weight excluding hydrogens is 314 g/mol. The molecule has 0 saturated heterocycles. The van der Waals surface area contributed by atoms with Crippen LogP contribution in [0, 0.1) is 0 Å². The van der Waals surface area contributed by atoms with Crippen LogP contribution >= 0.6 is 15.8 Å². The Labute approximate surface area is 151 Å². The van der Waals surface area contributed by atoms with E-state index in [9.17, 15) is 0 Å². The molecule has 0 saturated carbocycles. The molecule has 0 aromatic heterocycles. The Morgan fingerprint density at radius 3 is 1.00 bits per heavy atom. The normalized spacial score (nSPS) is 17.7. The maximum absolute atomic E-state index is 2.59. The summed E-state index contributed by atoms with van der Waals surface area (Å²) in [6.45, 7) is 34.8. The second kappa shape index (κ2) is 7.62. The Balaban J connectivity index is 6.00. The fourth-order valence-electron chi connectivity index (χ4n) is 5.14. The van der Waals surface area contributed by atoms with E-state index in [2.05, 4.69) is 96.9 Å². The minimum atomic E-state index is -0.0597. The van der Waals surface area contributed by atoms with Crippen molar-refractivity contribution in [1.82, 2.24) is 0 Å². The molecule has 0 aromatic rings. The highest BCUT2D eigenvalue weighted by molar-refractivity contribution is 7.65. The highest BCUT2D eigenvalue weighted by Gasteiger charge is 2.47. The quantitative estimate of drug-likeness (QED) is 0.442. The molecule has 0 amide bonds. The van der Waals surface area contributed by atoms with E-state index in [1.165, 1.54) is 6.42 Å². The molecule has 0 N–H and O–H groups in total. The zero-order valence-electron chi connectivity index (χ0n) is 18.8. The molecule has 0 rings (SSSR count). The SMILES string of the molecule is CCC(C(C)P(C(C)(C)C)C(C)(C)C)P(C(C)(C)C)C(C)(C)C. The summed E-state index contributed by atoms with van der Waals surface area (Å²) < 4.78 is 0. The molecule has 0 bridgehead atoms. The predicted molar refractivity (Wildman–Crippen MR) is 116 cm³/mol. The van der Waals surface area contributed by atoms with Gasteiger partial charge in [-0.05, 0) is 38.4 Å². The molecule has 0 spiro atoms. The average Bonchev–Trinajstić information content (AvgIpc) is 2.16. The highest BCUT2D eigenvalue weighted by Crippen LogP contribution is 2.71. The summed E-state index contributed by atoms with van der Waals surface area (Å²) in [4.78, 5) is 0. The van der Waals surface area contributed by atoms with E-state index in [0.29, 0.717) is 20.6 Å². The fraction of sp³-hybridized carbons (Fsp3) is 1.00. The predicted octanol–water partition coefficient (Wildman–Crippen LogP) is 8.31. The molecule has 140 valence electrons. The molecule has 0 nitrogen and oxygen atoms in total. The van der Waals surface area contributed by atoms with E-state index >= 15 is 0 Å². The van der Waals surface area contributed by atoms with Crippen molar-refractivity contribution in [2.45, 2.75) is 135 Å². The van der Waals surface area contributed by atoms with Crippen LogP contribution in [0.3, 0.4) is 0 Å². The van der Waals surface area contributed by atoms with E-state index in [1.807, 2.05) is 0 Å². The van der Waals surface area contributed by atoms with Crippen LogP contribution in [0.4, 0.5) is 0 Å². The van der Waals surface area contributed by atoms with Gasteiger partial charge in [0.1, 0.15) is 0 Å². The van der Waals surface area contributed by atoms with E-state index in [-0.39, 0.29) is 15.8 Å². The van der Waals surface area contributed by atoms with E-state index < -0.39 is 0 Å². The number of hydrogen-bond acceptors (Lipinski definition) is 0. The summed E-state index contributed by atoms with van der Waals surface area (Å²) in [5, 5.41) is 1.66. The van der Waals surface area contributed by atoms with Crippen molar-refractivity contribution >= 4 is 15.8 Å². The van der Waals surface area contributed by atoms with Crippen molar-refractivity contribution in [3.8, 4) is 0 Å². The number of rotatable bonds is 4. The maximum atomic E-state index is 2.59. The van der Waals surface area contributed by atoms with Crippen LogP contribution in [0.2, 0.25) is 0 Å². The van der Waals surface area contributed by atoms with Gasteiger partial charge >= 0.3 is 0 Å². The van der Waals surface area contributed by atoms with Gasteiger partial charge in [0.2, 0.25) is 0 Å². The third kappa shape index (κ3) is 6.59. The van der Waals surface area contributed by atoms with Gasteiger partial charge in [-0.2, -0.15) is 0 Å². The second-order valence-corrected chi connectivity index (χ2v) is 19.5. The van der Waals surface area contributed by atoms with Gasteiger partial charge in [-0.15, -0.1) is 0 Å². The van der Waals surface area contributed by atoms with Gasteiger partial charge < -0.3 is 0 Å². The third-order valence-corrected chi connectivity index (χ3v) is 13.3. The van der Waals surface area contributed by atoms with Crippen LogP contribution in [-0.4, -0.2) is 31.9 Å². The molecule has 0 aliphatic carbocycles. The lowest BCUT2D eigenvalue weighted by Crippen LogP contribution is -2.40. The van der Waals surface area contributed by atoms with Crippen LogP contribution < -0.4 is 0 Å². The summed E-state index contributed by atoms with van der Waals surface area (Å²) in [6, 6.07) is 0. The largest absolute Gasteiger partial charge is 0.0921 e. The molecule has 23 heavy (non-hydrogen) atoms. The van der Waals surface area contributed by atoms with Gasteiger partial charge in [0, 0.05) is 0 Å². The maximum Gasteiger partial charge on any atom is -0.0137 e. The van der Waals surface area contributed by atoms with Crippen molar-refractivity contribution in [2.24, 2.45) is 0 Å². The molecule has 0 aliphatic rings. The smallest absolute Gasteiger partial charge is 0.0137 e. The first-order valence-electron chi connectivity index (χ1n) is 9.44. The van der Waals surface area contributed by atoms with E-state index in [1.54, 1.807) is 0 Å². The summed E-state index contributed by atoms with van der Waals surface area (Å²) in [6.07, 6.45) is 1.33. The first-order valence-corrected chi connectivity index (χ1v) is 12.3. The fourth-order valence-corrected chi connectivity index (χ4v) is 15.8. The van der Waals surface area contributed by atoms with Crippen molar-refractivity contribution < 1.29 is 0 Å². The average molecular weight is 361 g/mol. The minimum Gasteiger partial charge on any atom is -0.0921 e. The monoisotopic (exact) mass is 360 g/mol. The van der Waals surface area contributed by atoms with Crippen LogP contribution in [0.5, 0.6) is 0 Å². The Kier molecular flexibility index (Phi) is 7.91. The zero-order chi connectivity index (χ0) is 19.0. The first-order chi connectivity index (χ1) is 9.85. The lowest BCUT2D eigenvalue weighted by molar-refractivity contribution is 0.635. The Bertz CT molecular complexity index is 329. The van der Waals surface area contributed by atoms with Crippen molar-refractivity contribution in [1.29, 1.82) is 0 Å². The van der Waals surface area contributed by atoms with E-state index in [0.717, 1.165) is 11.3 Å². The Morgan fingerprint density at radius 1 is 0.565 bits per heavy atom. The van der Waals surface area contributed by atoms with Crippen molar-refractivity contribution in [2.75, 3.05) is 0 Å². The molecular formula is C21H46P2. The van der Waals surface area contributed by atoms with Gasteiger partial charge in [0.05, 0.1) is 0 Å². The van der Waals surface area contributed by atoms with Crippen LogP contribution in [0.15, 0.2) is 0 Å². The van der Waals surface area contributed by atoms with Crippen LogP contribution in [0.1, 0.15) is 103 Å². The van der Waals surface area contributed by atoms with Gasteiger partial charge in [-0.3, -0.25) is 0 Å². The molecule has 2 heteroatoms. The topological polar surface area (TPSA) is 0 Å². The zero-order valence-corrected chi connectivity index (χ0v) is 20.5. The Hall–Kier alpha value is 0.860. The summed E-state index contributed by atoms with van der Waals surface area (Å²) in [5.41, 5.74) is 1.68. The third-order valence-electron chi connectivity index (χ3n) is 4.60. The molecule has 0 fully saturated rings. The minimum absolute atomic E-state index is 0.0563. The first kappa shape index (κ1) is 23.9. The van der Waals surface area contributed by atoms with Crippen LogP contribution in [-0.2, 0) is 0 Å². The van der Waals surface area contributed by atoms with Crippen molar-refractivity contribution in [3.63, 3.8) is 0 Å². The van der Waals surface area contributed by atoms with Gasteiger partial charge in [-0.25, -0.2) is 0 Å². The lowest BCUT2D eigenvalue weighted by Gasteiger charge is -2.54. The van der Waals surface area contributed by atoms with Gasteiger partial charge in [-0.1, -0.05) is 113 Å². The van der Waals surface area contributed by atoms with Gasteiger partial charge in [0.25, 0.3) is 0 Å². The number of hydrogen-bond donors (Lipinski definition) is 0. The van der Waals surface area contributed by atoms with E-state index in [4.69, 9.17) is 0 Å². The standard InChI is InChI=1S/C21H46P2/c1-15-17(23(20(9,10)11)21(12,13)14)16(2)22(18(3,4)5)19(6,7)8/h16-17H,15H2,1-14H3.